The lowest BCUT2D eigenvalue weighted by molar-refractivity contribution is 0.00946. The molecule has 2 amide bonds. The number of thiophene rings is 1. The van der Waals surface area contributed by atoms with E-state index in [4.69, 9.17) is 24.9 Å². The number of aromatic nitrogens is 2. The summed E-state index contributed by atoms with van der Waals surface area (Å²) >= 11 is 1.33. The second-order valence-corrected chi connectivity index (χ2v) is 12.9. The monoisotopic (exact) mass is 596 g/mol. The van der Waals surface area contributed by atoms with Crippen molar-refractivity contribution in [2.75, 3.05) is 44.0 Å². The van der Waals surface area contributed by atoms with Crippen LogP contribution in [0.4, 0.5) is 16.3 Å². The highest BCUT2D eigenvalue weighted by Crippen LogP contribution is 2.33. The Morgan fingerprint density at radius 3 is 2.69 bits per heavy atom. The summed E-state index contributed by atoms with van der Waals surface area (Å²) < 4.78 is 16.7. The number of pyridine rings is 2. The number of methoxy groups -OCH3 is 1. The molecule has 12 heteroatoms. The first-order chi connectivity index (χ1) is 20.0. The Kier molecular flexibility index (Phi) is 8.86. The number of fused-ring (bicyclic) bond motifs is 2. The lowest BCUT2D eigenvalue weighted by atomic mass is 9.91. The molecule has 3 aromatic heterocycles. The Balaban J connectivity index is 1.23. The average Bonchev–Trinajstić information content (AvgIpc) is 3.47. The van der Waals surface area contributed by atoms with Crippen molar-refractivity contribution < 1.29 is 23.8 Å². The Morgan fingerprint density at radius 2 is 1.93 bits per heavy atom. The third kappa shape index (κ3) is 6.93. The molecule has 5 rings (SSSR count). The van der Waals surface area contributed by atoms with E-state index in [1.165, 1.54) is 11.3 Å². The number of carbonyl (C=O) groups is 2. The minimum Gasteiger partial charge on any atom is -0.444 e. The standard InChI is InChI=1S/C30H40N6O5S/c1-17-6-9-20-25(31)26(42-28(20)32-17)27(37)33-19-8-10-21-18(14-19)7-11-24(34-21)36-15-22(23(16-36)40-13-12-39-5)35-29(38)41-30(2,3)4/h6-7,9,11,19,22-23H,8,10,12-16,31H2,1-5H3,(H,33,37)(H,35,38)/t19-,22+,23+/m0/s1. The summed E-state index contributed by atoms with van der Waals surface area (Å²) in [5.41, 5.74) is 9.24. The molecule has 0 spiro atoms. The fraction of sp³-hybridized carbons (Fsp3) is 0.533. The quantitative estimate of drug-likeness (QED) is 0.333. The molecule has 1 saturated heterocycles. The van der Waals surface area contributed by atoms with Crippen LogP contribution in [-0.4, -0.2) is 79.2 Å². The predicted molar refractivity (Wildman–Crippen MR) is 163 cm³/mol. The van der Waals surface area contributed by atoms with Gasteiger partial charge in [0.25, 0.3) is 5.91 Å². The largest absolute Gasteiger partial charge is 0.444 e. The Labute approximate surface area is 250 Å². The van der Waals surface area contributed by atoms with Gasteiger partial charge in [-0.1, -0.05) is 6.07 Å². The maximum atomic E-state index is 13.1. The molecule has 0 radical (unpaired) electrons. The van der Waals surface area contributed by atoms with Crippen molar-refractivity contribution in [3.05, 3.63) is 46.1 Å². The number of hydrogen-bond donors (Lipinski definition) is 3. The molecule has 1 aliphatic carbocycles. The van der Waals surface area contributed by atoms with Crippen molar-refractivity contribution in [3.8, 4) is 0 Å². The molecular formula is C30H40N6O5S. The Hall–Kier alpha value is -3.48. The highest BCUT2D eigenvalue weighted by atomic mass is 32.1. The third-order valence-electron chi connectivity index (χ3n) is 7.44. The number of carbonyl (C=O) groups excluding carboxylic acids is 2. The van der Waals surface area contributed by atoms with Gasteiger partial charge in [0.2, 0.25) is 0 Å². The number of nitrogens with two attached hydrogens (primary N) is 1. The Morgan fingerprint density at radius 1 is 1.12 bits per heavy atom. The van der Waals surface area contributed by atoms with E-state index >= 15 is 0 Å². The number of alkyl carbamates (subject to hydrolysis) is 1. The molecule has 4 N–H and O–H groups in total. The number of nitrogens with zero attached hydrogens (tertiary/aromatic N) is 3. The van der Waals surface area contributed by atoms with Crippen LogP contribution in [0.2, 0.25) is 0 Å². The summed E-state index contributed by atoms with van der Waals surface area (Å²) in [7, 11) is 1.63. The molecule has 226 valence electrons. The Bertz CT molecular complexity index is 1450. The number of nitrogen functional groups attached to an aromatic ring is 1. The molecule has 3 aromatic rings. The van der Waals surface area contributed by atoms with Gasteiger partial charge in [-0.25, -0.2) is 14.8 Å². The van der Waals surface area contributed by atoms with Gasteiger partial charge in [-0.2, -0.15) is 0 Å². The molecule has 4 heterocycles. The minimum absolute atomic E-state index is 0.00952. The zero-order valence-electron chi connectivity index (χ0n) is 24.9. The van der Waals surface area contributed by atoms with Gasteiger partial charge in [0, 0.05) is 43.0 Å². The first-order valence-electron chi connectivity index (χ1n) is 14.3. The van der Waals surface area contributed by atoms with Crippen LogP contribution in [0.1, 0.15) is 53.8 Å². The molecule has 2 aliphatic rings. The van der Waals surface area contributed by atoms with Crippen LogP contribution >= 0.6 is 11.3 Å². The maximum Gasteiger partial charge on any atom is 0.408 e. The van der Waals surface area contributed by atoms with Crippen molar-refractivity contribution in [2.45, 2.75) is 70.7 Å². The van der Waals surface area contributed by atoms with Crippen molar-refractivity contribution in [3.63, 3.8) is 0 Å². The predicted octanol–water partition coefficient (Wildman–Crippen LogP) is 3.61. The zero-order chi connectivity index (χ0) is 30.0. The van der Waals surface area contributed by atoms with E-state index in [0.717, 1.165) is 45.8 Å². The smallest absolute Gasteiger partial charge is 0.408 e. The van der Waals surface area contributed by atoms with Gasteiger partial charge in [0.1, 0.15) is 21.1 Å². The van der Waals surface area contributed by atoms with Crippen LogP contribution in [0.5, 0.6) is 0 Å². The van der Waals surface area contributed by atoms with Gasteiger partial charge in [0.05, 0.1) is 31.0 Å². The van der Waals surface area contributed by atoms with Gasteiger partial charge >= 0.3 is 6.09 Å². The van der Waals surface area contributed by atoms with E-state index in [2.05, 4.69) is 26.6 Å². The van der Waals surface area contributed by atoms with Gasteiger partial charge in [-0.3, -0.25) is 4.79 Å². The van der Waals surface area contributed by atoms with Crippen molar-refractivity contribution in [1.82, 2.24) is 20.6 Å². The van der Waals surface area contributed by atoms with Gasteiger partial charge in [0.15, 0.2) is 0 Å². The fourth-order valence-electron chi connectivity index (χ4n) is 5.42. The molecular weight excluding hydrogens is 556 g/mol. The van der Waals surface area contributed by atoms with Crippen LogP contribution in [0.25, 0.3) is 10.2 Å². The normalized spacial score (nSPS) is 20.4. The molecule has 42 heavy (non-hydrogen) atoms. The maximum absolute atomic E-state index is 13.1. The van der Waals surface area contributed by atoms with E-state index in [-0.39, 0.29) is 24.1 Å². The van der Waals surface area contributed by atoms with Crippen LogP contribution in [-0.2, 0) is 27.1 Å². The highest BCUT2D eigenvalue weighted by molar-refractivity contribution is 7.21. The molecule has 1 aliphatic heterocycles. The van der Waals surface area contributed by atoms with Gasteiger partial charge in [-0.05, 0) is 70.7 Å². The molecule has 0 aromatic carbocycles. The fourth-order valence-corrected chi connectivity index (χ4v) is 6.46. The topological polar surface area (TPSA) is 141 Å². The van der Waals surface area contributed by atoms with Crippen LogP contribution in [0.3, 0.4) is 0 Å². The van der Waals surface area contributed by atoms with Crippen molar-refractivity contribution >= 4 is 45.1 Å². The molecule has 0 unspecified atom stereocenters. The number of nitrogens with one attached hydrogen (secondary N) is 2. The first kappa shape index (κ1) is 30.0. The molecule has 11 nitrogen and oxygen atoms in total. The summed E-state index contributed by atoms with van der Waals surface area (Å²) in [6.07, 6.45) is 1.53. The summed E-state index contributed by atoms with van der Waals surface area (Å²) in [6, 6.07) is 7.65. The average molecular weight is 597 g/mol. The van der Waals surface area contributed by atoms with Crippen LogP contribution < -0.4 is 21.3 Å². The zero-order valence-corrected chi connectivity index (χ0v) is 25.7. The second kappa shape index (κ2) is 12.4. The van der Waals surface area contributed by atoms with Crippen molar-refractivity contribution in [1.29, 1.82) is 0 Å². The second-order valence-electron chi connectivity index (χ2n) is 11.9. The molecule has 3 atom stereocenters. The summed E-state index contributed by atoms with van der Waals surface area (Å²) in [6.45, 7) is 9.46. The van der Waals surface area contributed by atoms with Gasteiger partial charge in [-0.15, -0.1) is 11.3 Å². The molecule has 0 bridgehead atoms. The number of aryl methyl sites for hydroxylation is 2. The first-order valence-corrected chi connectivity index (χ1v) is 15.1. The van der Waals surface area contributed by atoms with E-state index in [1.54, 1.807) is 7.11 Å². The van der Waals surface area contributed by atoms with E-state index in [1.807, 2.05) is 45.9 Å². The summed E-state index contributed by atoms with van der Waals surface area (Å²) in [5, 5.41) is 6.98. The third-order valence-corrected chi connectivity index (χ3v) is 8.55. The number of rotatable bonds is 8. The SMILES string of the molecule is COCCO[C@@H]1CN(c2ccc3c(n2)CC[C@H](NC(=O)c2sc4nc(C)ccc4c2N)C3)C[C@H]1NC(=O)OC(C)(C)C. The van der Waals surface area contributed by atoms with E-state index in [9.17, 15) is 9.59 Å². The van der Waals surface area contributed by atoms with Crippen LogP contribution in [0, 0.1) is 6.92 Å². The van der Waals surface area contributed by atoms with Crippen molar-refractivity contribution in [2.24, 2.45) is 0 Å². The number of anilines is 2. The molecule has 1 fully saturated rings. The highest BCUT2D eigenvalue weighted by Gasteiger charge is 2.37. The van der Waals surface area contributed by atoms with E-state index < -0.39 is 11.7 Å². The van der Waals surface area contributed by atoms with Gasteiger partial charge < -0.3 is 35.5 Å². The summed E-state index contributed by atoms with van der Waals surface area (Å²) in [4.78, 5) is 38.6. The number of ether oxygens (including phenoxy) is 3. The summed E-state index contributed by atoms with van der Waals surface area (Å²) in [5.74, 6) is 0.678. The van der Waals surface area contributed by atoms with Crippen LogP contribution in [0.15, 0.2) is 24.3 Å². The molecule has 0 saturated carbocycles. The van der Waals surface area contributed by atoms with E-state index in [0.29, 0.717) is 43.3 Å². The lowest BCUT2D eigenvalue weighted by Gasteiger charge is -2.26. The number of hydrogen-bond acceptors (Lipinski definition) is 10. The minimum atomic E-state index is -0.590. The number of amides is 2. The lowest BCUT2D eigenvalue weighted by Crippen LogP contribution is -2.46.